The Morgan fingerprint density at radius 1 is 1.00 bits per heavy atom. The molecule has 0 atom stereocenters. The van der Waals surface area contributed by atoms with Crippen LogP contribution in [-0.4, -0.2) is 6.29 Å². The van der Waals surface area contributed by atoms with E-state index in [1.165, 1.54) is 9.75 Å². The van der Waals surface area contributed by atoms with Crippen LogP contribution in [0, 0.1) is 0 Å². The lowest BCUT2D eigenvalue weighted by atomic mass is 9.90. The van der Waals surface area contributed by atoms with Crippen LogP contribution in [0.4, 0.5) is 0 Å². The minimum atomic E-state index is 0.0208. The summed E-state index contributed by atoms with van der Waals surface area (Å²) in [6.07, 6.45) is 0.969. The number of aldehydes is 1. The molecule has 0 aliphatic rings. The van der Waals surface area contributed by atoms with Crippen molar-refractivity contribution in [3.8, 4) is 0 Å². The molecule has 90 valence electrons. The van der Waals surface area contributed by atoms with Crippen LogP contribution in [0.5, 0.6) is 0 Å². The van der Waals surface area contributed by atoms with Gasteiger partial charge in [0.25, 0.3) is 0 Å². The SMILES string of the molecule is CC(C)(C)c1sc(C(C)(C)C)c(C=O)c1Br. The summed E-state index contributed by atoms with van der Waals surface area (Å²) >= 11 is 5.32. The molecule has 0 unspecified atom stereocenters. The van der Waals surface area contributed by atoms with Crippen molar-refractivity contribution in [2.45, 2.75) is 52.4 Å². The Kier molecular flexibility index (Phi) is 3.71. The Balaban J connectivity index is 3.50. The zero-order chi connectivity index (χ0) is 12.7. The first-order chi connectivity index (χ1) is 7.09. The average molecular weight is 303 g/mol. The van der Waals surface area contributed by atoms with Crippen LogP contribution in [0.25, 0.3) is 0 Å². The number of carbonyl (C=O) groups excluding carboxylic acids is 1. The van der Waals surface area contributed by atoms with Crippen molar-refractivity contribution in [3.63, 3.8) is 0 Å². The fourth-order valence-electron chi connectivity index (χ4n) is 1.57. The fourth-order valence-corrected chi connectivity index (χ4v) is 4.11. The summed E-state index contributed by atoms with van der Waals surface area (Å²) in [5.41, 5.74) is 0.917. The van der Waals surface area contributed by atoms with Gasteiger partial charge in [0.05, 0.1) is 0 Å². The molecule has 0 amide bonds. The van der Waals surface area contributed by atoms with Gasteiger partial charge in [-0.3, -0.25) is 4.79 Å². The minimum Gasteiger partial charge on any atom is -0.298 e. The molecule has 0 radical (unpaired) electrons. The van der Waals surface area contributed by atoms with E-state index < -0.39 is 0 Å². The van der Waals surface area contributed by atoms with Crippen LogP contribution in [0.3, 0.4) is 0 Å². The van der Waals surface area contributed by atoms with Gasteiger partial charge in [-0.25, -0.2) is 0 Å². The Morgan fingerprint density at radius 3 is 1.69 bits per heavy atom. The summed E-state index contributed by atoms with van der Waals surface area (Å²) in [7, 11) is 0. The molecule has 0 bridgehead atoms. The maximum Gasteiger partial charge on any atom is 0.152 e. The highest BCUT2D eigenvalue weighted by Gasteiger charge is 2.29. The highest BCUT2D eigenvalue weighted by Crippen LogP contribution is 2.44. The average Bonchev–Trinajstić information content (AvgIpc) is 2.40. The highest BCUT2D eigenvalue weighted by molar-refractivity contribution is 9.10. The van der Waals surface area contributed by atoms with Gasteiger partial charge in [0, 0.05) is 19.8 Å². The number of thiophene rings is 1. The van der Waals surface area contributed by atoms with E-state index in [1.807, 2.05) is 0 Å². The van der Waals surface area contributed by atoms with Crippen molar-refractivity contribution in [1.82, 2.24) is 0 Å². The predicted molar refractivity (Wildman–Crippen MR) is 74.8 cm³/mol. The summed E-state index contributed by atoms with van der Waals surface area (Å²) in [5, 5.41) is 0. The zero-order valence-electron chi connectivity index (χ0n) is 10.8. The van der Waals surface area contributed by atoms with Crippen LogP contribution >= 0.6 is 27.3 Å². The van der Waals surface area contributed by atoms with Crippen LogP contribution < -0.4 is 0 Å². The first kappa shape index (κ1) is 13.9. The topological polar surface area (TPSA) is 17.1 Å². The molecule has 0 saturated heterocycles. The second kappa shape index (κ2) is 4.26. The van der Waals surface area contributed by atoms with Crippen molar-refractivity contribution < 1.29 is 4.79 Å². The van der Waals surface area contributed by atoms with E-state index in [2.05, 4.69) is 57.5 Å². The summed E-state index contributed by atoms with van der Waals surface area (Å²) in [4.78, 5) is 13.6. The second-order valence-electron chi connectivity index (χ2n) is 6.11. The van der Waals surface area contributed by atoms with Gasteiger partial charge in [-0.05, 0) is 26.8 Å². The largest absolute Gasteiger partial charge is 0.298 e. The fraction of sp³-hybridized carbons (Fsp3) is 0.615. The van der Waals surface area contributed by atoms with Crippen molar-refractivity contribution in [2.75, 3.05) is 0 Å². The highest BCUT2D eigenvalue weighted by atomic mass is 79.9. The van der Waals surface area contributed by atoms with Gasteiger partial charge in [-0.15, -0.1) is 11.3 Å². The molecule has 1 nitrogen and oxygen atoms in total. The molecule has 0 aliphatic heterocycles. The third-order valence-corrected chi connectivity index (χ3v) is 5.51. The lowest BCUT2D eigenvalue weighted by molar-refractivity contribution is 0.112. The summed E-state index contributed by atoms with van der Waals surface area (Å²) in [6.45, 7) is 12.9. The molecule has 0 saturated carbocycles. The molecular weight excluding hydrogens is 284 g/mol. The van der Waals surface area contributed by atoms with Gasteiger partial charge in [-0.2, -0.15) is 0 Å². The van der Waals surface area contributed by atoms with Crippen LogP contribution in [0.15, 0.2) is 4.47 Å². The molecule has 1 rings (SSSR count). The number of hydrogen-bond acceptors (Lipinski definition) is 2. The van der Waals surface area contributed by atoms with E-state index in [1.54, 1.807) is 11.3 Å². The smallest absolute Gasteiger partial charge is 0.152 e. The molecule has 0 aliphatic carbocycles. The molecule has 1 heterocycles. The van der Waals surface area contributed by atoms with Crippen LogP contribution in [-0.2, 0) is 10.8 Å². The van der Waals surface area contributed by atoms with E-state index >= 15 is 0 Å². The van der Waals surface area contributed by atoms with E-state index in [9.17, 15) is 4.79 Å². The lowest BCUT2D eigenvalue weighted by Gasteiger charge is -2.18. The van der Waals surface area contributed by atoms with Gasteiger partial charge >= 0.3 is 0 Å². The van der Waals surface area contributed by atoms with Gasteiger partial charge < -0.3 is 0 Å². The molecule has 0 N–H and O–H groups in total. The zero-order valence-corrected chi connectivity index (χ0v) is 13.2. The van der Waals surface area contributed by atoms with Crippen molar-refractivity contribution >= 4 is 33.6 Å². The first-order valence-corrected chi connectivity index (χ1v) is 6.98. The molecule has 1 aromatic rings. The maximum atomic E-state index is 11.2. The van der Waals surface area contributed by atoms with E-state index in [0.717, 1.165) is 16.3 Å². The van der Waals surface area contributed by atoms with E-state index in [4.69, 9.17) is 0 Å². The number of rotatable bonds is 1. The standard InChI is InChI=1S/C13H19BrOS/c1-12(2,3)10-8(7-15)9(14)11(16-10)13(4,5)6/h7H,1-6H3. The number of halogens is 1. The van der Waals surface area contributed by atoms with Crippen molar-refractivity contribution in [3.05, 3.63) is 19.8 Å². The van der Waals surface area contributed by atoms with Gasteiger partial charge in [0.15, 0.2) is 6.29 Å². The molecule has 1 aromatic heterocycles. The Bertz CT molecular complexity index is 405. The monoisotopic (exact) mass is 302 g/mol. The summed E-state index contributed by atoms with van der Waals surface area (Å²) < 4.78 is 0.977. The molecule has 0 fully saturated rings. The van der Waals surface area contributed by atoms with E-state index in [0.29, 0.717) is 0 Å². The Hall–Kier alpha value is -0.150. The number of hydrogen-bond donors (Lipinski definition) is 0. The molecule has 3 heteroatoms. The van der Waals surface area contributed by atoms with Gasteiger partial charge in [0.2, 0.25) is 0 Å². The second-order valence-corrected chi connectivity index (χ2v) is 7.92. The van der Waals surface area contributed by atoms with Crippen molar-refractivity contribution in [1.29, 1.82) is 0 Å². The van der Waals surface area contributed by atoms with Gasteiger partial charge in [0.1, 0.15) is 0 Å². The van der Waals surface area contributed by atoms with Gasteiger partial charge in [-0.1, -0.05) is 41.5 Å². The van der Waals surface area contributed by atoms with Crippen molar-refractivity contribution in [2.24, 2.45) is 0 Å². The Labute approximate surface area is 110 Å². The number of carbonyl (C=O) groups is 1. The molecule has 16 heavy (non-hydrogen) atoms. The lowest BCUT2D eigenvalue weighted by Crippen LogP contribution is -2.11. The minimum absolute atomic E-state index is 0.0208. The third-order valence-electron chi connectivity index (χ3n) is 2.36. The van der Waals surface area contributed by atoms with Crippen LogP contribution in [0.2, 0.25) is 0 Å². The quantitative estimate of drug-likeness (QED) is 0.673. The maximum absolute atomic E-state index is 11.2. The third kappa shape index (κ3) is 2.57. The summed E-state index contributed by atoms with van der Waals surface area (Å²) in [6, 6.07) is 0. The van der Waals surface area contributed by atoms with E-state index in [-0.39, 0.29) is 10.8 Å². The molecule has 0 spiro atoms. The summed E-state index contributed by atoms with van der Waals surface area (Å²) in [5.74, 6) is 0. The molecular formula is C13H19BrOS. The Morgan fingerprint density at radius 2 is 1.44 bits per heavy atom. The first-order valence-electron chi connectivity index (χ1n) is 5.37. The predicted octanol–water partition coefficient (Wildman–Crippen LogP) is 4.92. The molecule has 0 aromatic carbocycles. The van der Waals surface area contributed by atoms with Crippen LogP contribution in [0.1, 0.15) is 61.7 Å². The normalized spacial score (nSPS) is 12.9.